The first-order valence-electron chi connectivity index (χ1n) is 15.1. The van der Waals surface area contributed by atoms with E-state index in [1.165, 1.54) is 10.1 Å². The van der Waals surface area contributed by atoms with Gasteiger partial charge >= 0.3 is 0 Å². The van der Waals surface area contributed by atoms with Gasteiger partial charge in [-0.15, -0.1) is 0 Å². The van der Waals surface area contributed by atoms with E-state index in [9.17, 15) is 9.59 Å². The van der Waals surface area contributed by atoms with E-state index in [0.717, 1.165) is 35.3 Å². The summed E-state index contributed by atoms with van der Waals surface area (Å²) in [6.45, 7) is 14.1. The summed E-state index contributed by atoms with van der Waals surface area (Å²) in [6.07, 6.45) is 2.63. The van der Waals surface area contributed by atoms with E-state index in [1.807, 2.05) is 61.5 Å². The van der Waals surface area contributed by atoms with E-state index in [2.05, 4.69) is 62.7 Å². The summed E-state index contributed by atoms with van der Waals surface area (Å²) in [5, 5.41) is 9.85. The molecule has 232 valence electrons. The van der Waals surface area contributed by atoms with Crippen LogP contribution in [0.2, 0.25) is 0 Å². The number of nitrogens with zero attached hydrogens (tertiary/aromatic N) is 2. The lowest BCUT2D eigenvalue weighted by Gasteiger charge is -2.30. The van der Waals surface area contributed by atoms with Gasteiger partial charge in [-0.3, -0.25) is 9.59 Å². The number of aromatic nitrogens is 2. The van der Waals surface area contributed by atoms with Crippen molar-refractivity contribution in [2.75, 3.05) is 30.9 Å². The minimum atomic E-state index is -0.238. The fourth-order valence-electron chi connectivity index (χ4n) is 5.10. The third-order valence-electron chi connectivity index (χ3n) is 8.26. The predicted molar refractivity (Wildman–Crippen MR) is 180 cm³/mol. The van der Waals surface area contributed by atoms with Gasteiger partial charge in [0.1, 0.15) is 0 Å². The van der Waals surface area contributed by atoms with Crippen LogP contribution in [0.25, 0.3) is 11.3 Å². The third-order valence-corrected chi connectivity index (χ3v) is 8.26. The molecule has 4 aromatic rings. The van der Waals surface area contributed by atoms with E-state index in [0.29, 0.717) is 23.6 Å². The van der Waals surface area contributed by atoms with Crippen molar-refractivity contribution >= 4 is 23.1 Å². The second-order valence-electron chi connectivity index (χ2n) is 12.5. The van der Waals surface area contributed by atoms with Crippen LogP contribution in [0, 0.1) is 6.92 Å². The quantitative estimate of drug-likeness (QED) is 0.163. The molecule has 0 radical (unpaired) electrons. The number of amides is 1. The maximum atomic E-state index is 13.1. The maximum Gasteiger partial charge on any atom is 0.293 e. The number of benzene rings is 3. The number of ether oxygens (including phenoxy) is 1. The standard InChI is InChI=1S/C36H45N5O3/c1-9-36(6,37-21-22-44-8)27-17-19-28(20-18-27)38-32-34(43)41(7)23-31(39-32)29-11-10-12-30(24(29)2)40-33(42)25-13-15-26(16-14-25)35(3,4)5/h10-20,23,37H,9,21-22H2,1-8H3,(H,38,39)(H,40,42). The molecule has 1 amide bonds. The monoisotopic (exact) mass is 595 g/mol. The number of aryl methyl sites for hydroxylation is 1. The van der Waals surface area contributed by atoms with Gasteiger partial charge in [0.05, 0.1) is 12.3 Å². The molecule has 0 saturated carbocycles. The normalized spacial score (nSPS) is 12.9. The smallest absolute Gasteiger partial charge is 0.293 e. The van der Waals surface area contributed by atoms with Crippen molar-refractivity contribution < 1.29 is 9.53 Å². The van der Waals surface area contributed by atoms with E-state index in [1.54, 1.807) is 20.4 Å². The highest BCUT2D eigenvalue weighted by molar-refractivity contribution is 6.05. The van der Waals surface area contributed by atoms with Crippen LogP contribution in [0.5, 0.6) is 0 Å². The van der Waals surface area contributed by atoms with Crippen LogP contribution in [0.15, 0.2) is 77.7 Å². The first-order chi connectivity index (χ1) is 20.9. The Kier molecular flexibility index (Phi) is 10.1. The Morgan fingerprint density at radius 1 is 0.955 bits per heavy atom. The second-order valence-corrected chi connectivity index (χ2v) is 12.5. The van der Waals surface area contributed by atoms with Gasteiger partial charge in [0.2, 0.25) is 0 Å². The predicted octanol–water partition coefficient (Wildman–Crippen LogP) is 6.91. The maximum absolute atomic E-state index is 13.1. The zero-order valence-electron chi connectivity index (χ0n) is 27.2. The second kappa shape index (κ2) is 13.6. The molecule has 8 heteroatoms. The third kappa shape index (κ3) is 7.44. The summed E-state index contributed by atoms with van der Waals surface area (Å²) in [6, 6.07) is 21.4. The van der Waals surface area contributed by atoms with Gasteiger partial charge in [0, 0.05) is 54.9 Å². The molecule has 4 rings (SSSR count). The Labute approximate surface area is 260 Å². The molecule has 3 aromatic carbocycles. The van der Waals surface area contributed by atoms with Gasteiger partial charge < -0.3 is 25.3 Å². The van der Waals surface area contributed by atoms with Crippen LogP contribution in [-0.4, -0.2) is 35.7 Å². The van der Waals surface area contributed by atoms with Crippen LogP contribution >= 0.6 is 0 Å². The molecule has 0 fully saturated rings. The number of rotatable bonds is 11. The number of hydrogen-bond donors (Lipinski definition) is 3. The first kappa shape index (κ1) is 32.6. The molecule has 0 aliphatic rings. The molecule has 0 spiro atoms. The summed E-state index contributed by atoms with van der Waals surface area (Å²) in [4.78, 5) is 30.9. The van der Waals surface area contributed by atoms with Crippen molar-refractivity contribution in [3.8, 4) is 11.3 Å². The summed E-state index contributed by atoms with van der Waals surface area (Å²) >= 11 is 0. The summed E-state index contributed by atoms with van der Waals surface area (Å²) in [5.74, 6) is 0.0417. The average molecular weight is 596 g/mol. The topological polar surface area (TPSA) is 97.3 Å². The van der Waals surface area contributed by atoms with Crippen molar-refractivity contribution in [2.24, 2.45) is 7.05 Å². The SMILES string of the molecule is CCC(C)(NCCOC)c1ccc(Nc2nc(-c3cccc(NC(=O)c4ccc(C(C)(C)C)cc4)c3C)cn(C)c2=O)cc1. The van der Waals surface area contributed by atoms with Crippen molar-refractivity contribution in [2.45, 2.75) is 58.9 Å². The molecule has 3 N–H and O–H groups in total. The van der Waals surface area contributed by atoms with Crippen molar-refractivity contribution in [3.05, 3.63) is 106 Å². The Bertz CT molecular complexity index is 1650. The molecule has 0 saturated heterocycles. The van der Waals surface area contributed by atoms with Crippen LogP contribution in [0.4, 0.5) is 17.2 Å². The van der Waals surface area contributed by atoms with E-state index in [4.69, 9.17) is 9.72 Å². The van der Waals surface area contributed by atoms with Crippen molar-refractivity contribution in [3.63, 3.8) is 0 Å². The van der Waals surface area contributed by atoms with Crippen LogP contribution < -0.4 is 21.5 Å². The van der Waals surface area contributed by atoms with E-state index in [-0.39, 0.29) is 28.2 Å². The highest BCUT2D eigenvalue weighted by Crippen LogP contribution is 2.30. The fourth-order valence-corrected chi connectivity index (χ4v) is 5.10. The molecule has 8 nitrogen and oxygen atoms in total. The molecule has 1 unspecified atom stereocenters. The zero-order chi connectivity index (χ0) is 32.1. The van der Waals surface area contributed by atoms with E-state index < -0.39 is 0 Å². The molecule has 1 aromatic heterocycles. The lowest BCUT2D eigenvalue weighted by molar-refractivity contribution is 0.102. The zero-order valence-corrected chi connectivity index (χ0v) is 27.2. The highest BCUT2D eigenvalue weighted by atomic mass is 16.5. The number of carbonyl (C=O) groups excluding carboxylic acids is 1. The minimum absolute atomic E-state index is 0.0118. The molecular formula is C36H45N5O3. The average Bonchev–Trinajstić information content (AvgIpc) is 3.00. The van der Waals surface area contributed by atoms with Gasteiger partial charge in [-0.2, -0.15) is 0 Å². The van der Waals surface area contributed by atoms with Gasteiger partial charge in [-0.05, 0) is 72.7 Å². The van der Waals surface area contributed by atoms with Gasteiger partial charge in [-0.25, -0.2) is 4.98 Å². The van der Waals surface area contributed by atoms with Gasteiger partial charge in [0.15, 0.2) is 5.82 Å². The first-order valence-corrected chi connectivity index (χ1v) is 15.1. The molecule has 0 aliphatic heterocycles. The van der Waals surface area contributed by atoms with Crippen LogP contribution in [0.3, 0.4) is 0 Å². The Hall–Kier alpha value is -4.27. The number of anilines is 3. The van der Waals surface area contributed by atoms with Crippen molar-refractivity contribution in [1.82, 2.24) is 14.9 Å². The summed E-state index contributed by atoms with van der Waals surface area (Å²) < 4.78 is 6.72. The summed E-state index contributed by atoms with van der Waals surface area (Å²) in [5.41, 5.74) is 6.23. The van der Waals surface area contributed by atoms with Gasteiger partial charge in [-0.1, -0.05) is 64.1 Å². The molecule has 44 heavy (non-hydrogen) atoms. The Morgan fingerprint density at radius 2 is 1.61 bits per heavy atom. The molecule has 0 aliphatic carbocycles. The number of carbonyl (C=O) groups is 1. The Morgan fingerprint density at radius 3 is 2.23 bits per heavy atom. The molecule has 0 bridgehead atoms. The van der Waals surface area contributed by atoms with Crippen molar-refractivity contribution in [1.29, 1.82) is 0 Å². The van der Waals surface area contributed by atoms with Crippen LogP contribution in [-0.2, 0) is 22.7 Å². The largest absolute Gasteiger partial charge is 0.383 e. The molecular weight excluding hydrogens is 550 g/mol. The number of nitrogens with one attached hydrogen (secondary N) is 3. The highest BCUT2D eigenvalue weighted by Gasteiger charge is 2.23. The number of hydrogen-bond acceptors (Lipinski definition) is 6. The van der Waals surface area contributed by atoms with E-state index >= 15 is 0 Å². The summed E-state index contributed by atoms with van der Waals surface area (Å²) in [7, 11) is 3.41. The van der Waals surface area contributed by atoms with Crippen LogP contribution in [0.1, 0.15) is 68.1 Å². The Balaban J connectivity index is 1.57. The minimum Gasteiger partial charge on any atom is -0.383 e. The molecule has 1 heterocycles. The lowest BCUT2D eigenvalue weighted by atomic mass is 9.86. The number of methoxy groups -OCH3 is 1. The molecule has 1 atom stereocenters. The lowest BCUT2D eigenvalue weighted by Crippen LogP contribution is -2.40. The fraction of sp³-hybridized carbons (Fsp3) is 0.361. The van der Waals surface area contributed by atoms with Gasteiger partial charge in [0.25, 0.3) is 11.5 Å².